The summed E-state index contributed by atoms with van der Waals surface area (Å²) < 4.78 is 6.14. The number of thioether (sulfide) groups is 1. The van der Waals surface area contributed by atoms with Crippen LogP contribution in [0, 0.1) is 6.92 Å². The molecule has 4 rings (SSSR count). The van der Waals surface area contributed by atoms with Crippen molar-refractivity contribution in [2.45, 2.75) is 19.9 Å². The van der Waals surface area contributed by atoms with Gasteiger partial charge in [-0.15, -0.1) is 0 Å². The molecule has 5 nitrogen and oxygen atoms in total. The minimum atomic E-state index is -0.282. The zero-order valence-corrected chi connectivity index (χ0v) is 21.5. The Labute approximate surface area is 219 Å². The Balaban J connectivity index is 1.37. The molecule has 0 aliphatic carbocycles. The monoisotopic (exact) mass is 522 g/mol. The lowest BCUT2D eigenvalue weighted by Gasteiger charge is -2.23. The predicted molar refractivity (Wildman–Crippen MR) is 147 cm³/mol. The molecule has 1 aliphatic heterocycles. The number of rotatable bonds is 7. The van der Waals surface area contributed by atoms with Gasteiger partial charge in [0.2, 0.25) is 0 Å². The van der Waals surface area contributed by atoms with Gasteiger partial charge < -0.3 is 10.1 Å². The van der Waals surface area contributed by atoms with E-state index in [9.17, 15) is 9.59 Å². The zero-order chi connectivity index (χ0) is 24.9. The van der Waals surface area contributed by atoms with Crippen molar-refractivity contribution in [3.63, 3.8) is 0 Å². The van der Waals surface area contributed by atoms with E-state index in [1.54, 1.807) is 35.2 Å². The van der Waals surface area contributed by atoms with Crippen LogP contribution in [0.3, 0.4) is 0 Å². The highest BCUT2D eigenvalue weighted by molar-refractivity contribution is 8.26. The summed E-state index contributed by atoms with van der Waals surface area (Å²) in [4.78, 5) is 27.5. The van der Waals surface area contributed by atoms with Crippen LogP contribution < -0.4 is 10.1 Å². The van der Waals surface area contributed by atoms with E-state index >= 15 is 0 Å². The van der Waals surface area contributed by atoms with Crippen LogP contribution in [0.15, 0.2) is 77.7 Å². The maximum absolute atomic E-state index is 13.0. The molecule has 1 heterocycles. The van der Waals surface area contributed by atoms with E-state index in [2.05, 4.69) is 5.32 Å². The van der Waals surface area contributed by atoms with E-state index in [0.717, 1.165) is 16.7 Å². The van der Waals surface area contributed by atoms with Gasteiger partial charge in [0.25, 0.3) is 11.8 Å². The summed E-state index contributed by atoms with van der Waals surface area (Å²) in [5, 5.41) is 3.39. The molecular formula is C27H23ClN2O3S2. The number of hydrogen-bond acceptors (Lipinski definition) is 5. The van der Waals surface area contributed by atoms with Crippen molar-refractivity contribution in [2.24, 2.45) is 0 Å². The first-order valence-electron chi connectivity index (χ1n) is 10.9. The maximum Gasteiger partial charge on any atom is 0.266 e. The molecule has 0 aromatic heterocycles. The maximum atomic E-state index is 13.0. The molecule has 1 fully saturated rings. The second-order valence-corrected chi connectivity index (χ2v) is 10.0. The summed E-state index contributed by atoms with van der Waals surface area (Å²) in [5.41, 5.74) is 3.32. The normalized spacial score (nSPS) is 15.4. The van der Waals surface area contributed by atoms with E-state index < -0.39 is 0 Å². The number of carbonyl (C=O) groups is 2. The van der Waals surface area contributed by atoms with Crippen LogP contribution in [0.1, 0.15) is 29.7 Å². The molecule has 2 amide bonds. The van der Waals surface area contributed by atoms with Gasteiger partial charge in [-0.2, -0.15) is 0 Å². The van der Waals surface area contributed by atoms with Gasteiger partial charge in [-0.25, -0.2) is 0 Å². The van der Waals surface area contributed by atoms with Crippen LogP contribution in [0.4, 0.5) is 5.69 Å². The van der Waals surface area contributed by atoms with Gasteiger partial charge in [-0.1, -0.05) is 84.1 Å². The number of hydrogen-bond donors (Lipinski definition) is 1. The van der Waals surface area contributed by atoms with E-state index in [-0.39, 0.29) is 24.5 Å². The highest BCUT2D eigenvalue weighted by Gasteiger charge is 2.35. The van der Waals surface area contributed by atoms with Gasteiger partial charge in [0.15, 0.2) is 6.61 Å². The SMILES string of the molecule is Cc1c(Cl)cccc1NC(=O)COc1ccc(/C=C2\SC(=S)N([C@@H](C)c3ccccc3)C2=O)cc1. The summed E-state index contributed by atoms with van der Waals surface area (Å²) in [7, 11) is 0. The molecule has 0 saturated carbocycles. The van der Waals surface area contributed by atoms with Crippen molar-refractivity contribution in [3.8, 4) is 5.75 Å². The fourth-order valence-corrected chi connectivity index (χ4v) is 5.18. The average Bonchev–Trinajstić information content (AvgIpc) is 3.14. The number of benzene rings is 3. The first-order valence-corrected chi connectivity index (χ1v) is 12.5. The third-order valence-corrected chi connectivity index (χ3v) is 7.32. The summed E-state index contributed by atoms with van der Waals surface area (Å²) in [6, 6.07) is 22.2. The fourth-order valence-electron chi connectivity index (χ4n) is 3.58. The smallest absolute Gasteiger partial charge is 0.266 e. The molecule has 3 aromatic carbocycles. The largest absolute Gasteiger partial charge is 0.484 e. The molecule has 1 N–H and O–H groups in total. The number of carbonyl (C=O) groups excluding carboxylic acids is 2. The van der Waals surface area contributed by atoms with Crippen LogP contribution in [0.2, 0.25) is 5.02 Å². The van der Waals surface area contributed by atoms with E-state index in [1.807, 2.05) is 62.4 Å². The van der Waals surface area contributed by atoms with Gasteiger partial charge >= 0.3 is 0 Å². The quantitative estimate of drug-likeness (QED) is 0.279. The lowest BCUT2D eigenvalue weighted by atomic mass is 10.1. The van der Waals surface area contributed by atoms with Gasteiger partial charge in [0.05, 0.1) is 10.9 Å². The van der Waals surface area contributed by atoms with Crippen LogP contribution in [0.5, 0.6) is 5.75 Å². The Bertz CT molecular complexity index is 1290. The Kier molecular flexibility index (Phi) is 7.90. The molecule has 1 atom stereocenters. The molecule has 1 aliphatic rings. The average molecular weight is 523 g/mol. The molecule has 1 saturated heterocycles. The Morgan fingerprint density at radius 2 is 1.83 bits per heavy atom. The number of ether oxygens (including phenoxy) is 1. The third-order valence-electron chi connectivity index (χ3n) is 5.58. The number of amides is 2. The molecule has 35 heavy (non-hydrogen) atoms. The van der Waals surface area contributed by atoms with E-state index in [0.29, 0.717) is 25.7 Å². The number of thiocarbonyl (C=S) groups is 1. The Hall–Kier alpha value is -3.13. The number of nitrogens with one attached hydrogen (secondary N) is 1. The standard InChI is InChI=1S/C27H23ClN2O3S2/c1-17-22(28)9-6-10-23(17)29-25(31)16-33-21-13-11-19(12-14-21)15-24-26(32)30(27(34)35-24)18(2)20-7-4-3-5-8-20/h3-15,18H,16H2,1-2H3,(H,29,31)/b24-15-/t18-/m0/s1. The van der Waals surface area contributed by atoms with Crippen LogP contribution in [0.25, 0.3) is 6.08 Å². The van der Waals surface area contributed by atoms with Crippen molar-refractivity contribution < 1.29 is 14.3 Å². The minimum absolute atomic E-state index is 0.107. The van der Waals surface area contributed by atoms with Gasteiger partial charge in [0, 0.05) is 10.7 Å². The van der Waals surface area contributed by atoms with Gasteiger partial charge in [-0.3, -0.25) is 14.5 Å². The first-order chi connectivity index (χ1) is 16.8. The van der Waals surface area contributed by atoms with Gasteiger partial charge in [0.1, 0.15) is 10.1 Å². The number of halogens is 1. The molecule has 8 heteroatoms. The number of nitrogens with zero attached hydrogens (tertiary/aromatic N) is 1. The second-order valence-electron chi connectivity index (χ2n) is 7.96. The second kappa shape index (κ2) is 11.1. The predicted octanol–water partition coefficient (Wildman–Crippen LogP) is 6.63. The van der Waals surface area contributed by atoms with Crippen molar-refractivity contribution in [1.82, 2.24) is 4.90 Å². The molecular weight excluding hydrogens is 500 g/mol. The van der Waals surface area contributed by atoms with Gasteiger partial charge in [-0.05, 0) is 60.9 Å². The summed E-state index contributed by atoms with van der Waals surface area (Å²) in [6.07, 6.45) is 1.81. The minimum Gasteiger partial charge on any atom is -0.484 e. The number of anilines is 1. The third kappa shape index (κ3) is 5.93. The van der Waals surface area contributed by atoms with E-state index in [1.165, 1.54) is 11.8 Å². The summed E-state index contributed by atoms with van der Waals surface area (Å²) in [6.45, 7) is 3.67. The van der Waals surface area contributed by atoms with Crippen molar-refractivity contribution in [2.75, 3.05) is 11.9 Å². The molecule has 178 valence electrons. The van der Waals surface area contributed by atoms with E-state index in [4.69, 9.17) is 28.6 Å². The van der Waals surface area contributed by atoms with Crippen LogP contribution in [-0.4, -0.2) is 27.6 Å². The lowest BCUT2D eigenvalue weighted by molar-refractivity contribution is -0.123. The molecule has 0 radical (unpaired) electrons. The Morgan fingerprint density at radius 3 is 2.54 bits per heavy atom. The zero-order valence-electron chi connectivity index (χ0n) is 19.2. The van der Waals surface area contributed by atoms with Crippen LogP contribution in [-0.2, 0) is 9.59 Å². The highest BCUT2D eigenvalue weighted by atomic mass is 35.5. The first kappa shape index (κ1) is 25.0. The van der Waals surface area contributed by atoms with Crippen LogP contribution >= 0.6 is 35.6 Å². The van der Waals surface area contributed by atoms with Crippen molar-refractivity contribution >= 4 is 63.5 Å². The van der Waals surface area contributed by atoms with Crippen molar-refractivity contribution in [1.29, 1.82) is 0 Å². The summed E-state index contributed by atoms with van der Waals surface area (Å²) >= 11 is 12.9. The molecule has 0 unspecified atom stereocenters. The fraction of sp³-hybridized carbons (Fsp3) is 0.148. The molecule has 3 aromatic rings. The van der Waals surface area contributed by atoms with Crippen molar-refractivity contribution in [3.05, 3.63) is 99.4 Å². The highest BCUT2D eigenvalue weighted by Crippen LogP contribution is 2.38. The molecule has 0 bridgehead atoms. The molecule has 0 spiro atoms. The summed E-state index contributed by atoms with van der Waals surface area (Å²) in [5.74, 6) is 0.158. The topological polar surface area (TPSA) is 58.6 Å². The Morgan fingerprint density at radius 1 is 1.11 bits per heavy atom. The lowest BCUT2D eigenvalue weighted by Crippen LogP contribution is -2.30.